The molecule has 0 aliphatic carbocycles. The number of esters is 1. The van der Waals surface area contributed by atoms with Gasteiger partial charge in [0, 0.05) is 13.0 Å². The molecule has 41 heavy (non-hydrogen) atoms. The molecule has 1 rings (SSSR count). The van der Waals surface area contributed by atoms with Gasteiger partial charge in [0.1, 0.15) is 19.3 Å². The summed E-state index contributed by atoms with van der Waals surface area (Å²) in [5, 5.41) is 16.8. The lowest BCUT2D eigenvalue weighted by molar-refractivity contribution is -0.148. The van der Waals surface area contributed by atoms with E-state index in [1.165, 1.54) is 6.08 Å². The topological polar surface area (TPSA) is 152 Å². The van der Waals surface area contributed by atoms with Crippen molar-refractivity contribution in [3.63, 3.8) is 0 Å². The molecule has 0 aliphatic heterocycles. The molecule has 4 N–H and O–H groups in total. The third-order valence-electron chi connectivity index (χ3n) is 6.00. The highest BCUT2D eigenvalue weighted by Crippen LogP contribution is 2.21. The van der Waals surface area contributed by atoms with Crippen LogP contribution >= 0.6 is 0 Å². The Kier molecular flexibility index (Phi) is 16.7. The lowest BCUT2D eigenvalue weighted by atomic mass is 9.86. The van der Waals surface area contributed by atoms with Crippen LogP contribution in [-0.2, 0) is 35.2 Å². The highest BCUT2D eigenvalue weighted by atomic mass is 16.6. The summed E-state index contributed by atoms with van der Waals surface area (Å²) in [5.41, 5.74) is 0.297. The highest BCUT2D eigenvalue weighted by Gasteiger charge is 2.32. The Balaban J connectivity index is 2.72. The Morgan fingerprint density at radius 1 is 0.976 bits per heavy atom. The Labute approximate surface area is 242 Å². The summed E-state index contributed by atoms with van der Waals surface area (Å²) in [4.78, 5) is 50.7. The summed E-state index contributed by atoms with van der Waals surface area (Å²) in [6.07, 6.45) is 2.60. The molecule has 3 amide bonds. The van der Waals surface area contributed by atoms with Gasteiger partial charge in [0.2, 0.25) is 11.8 Å². The SMILES string of the molecule is C=CC[C@@H](CC(=O)NCCOCCO)C(=O)N[C@H](COC(=O)[C@@H](CC=C)NC(=O)OCc1ccccc1)C(C)(C)C. The molecule has 0 unspecified atom stereocenters. The fourth-order valence-electron chi connectivity index (χ4n) is 3.56. The van der Waals surface area contributed by atoms with Crippen molar-refractivity contribution >= 4 is 23.9 Å². The number of aliphatic hydroxyl groups excluding tert-OH is 1. The number of carbonyl (C=O) groups excluding carboxylic acids is 4. The number of hydrogen-bond acceptors (Lipinski definition) is 8. The number of carbonyl (C=O) groups is 4. The van der Waals surface area contributed by atoms with Crippen LogP contribution in [0.15, 0.2) is 55.6 Å². The number of rotatable bonds is 19. The number of nitrogens with one attached hydrogen (secondary N) is 3. The van der Waals surface area contributed by atoms with Crippen LogP contribution in [0.3, 0.4) is 0 Å². The quantitative estimate of drug-likeness (QED) is 0.112. The number of benzene rings is 1. The molecule has 0 aliphatic rings. The zero-order valence-electron chi connectivity index (χ0n) is 24.4. The molecule has 3 atom stereocenters. The summed E-state index contributed by atoms with van der Waals surface area (Å²) in [7, 11) is 0. The van der Waals surface area contributed by atoms with E-state index in [2.05, 4.69) is 29.1 Å². The van der Waals surface area contributed by atoms with E-state index in [1.807, 2.05) is 51.1 Å². The van der Waals surface area contributed by atoms with Crippen LogP contribution in [0.2, 0.25) is 0 Å². The largest absolute Gasteiger partial charge is 0.462 e. The maximum Gasteiger partial charge on any atom is 0.408 e. The fraction of sp³-hybridized carbons (Fsp3) is 0.533. The third kappa shape index (κ3) is 15.0. The van der Waals surface area contributed by atoms with Crippen molar-refractivity contribution in [3.05, 3.63) is 61.2 Å². The van der Waals surface area contributed by atoms with E-state index in [1.54, 1.807) is 6.08 Å². The molecule has 1 aromatic rings. The molecule has 1 aromatic carbocycles. The van der Waals surface area contributed by atoms with Crippen molar-refractivity contribution in [1.29, 1.82) is 0 Å². The Hall–Kier alpha value is -3.70. The van der Waals surface area contributed by atoms with Crippen molar-refractivity contribution in [2.24, 2.45) is 11.3 Å². The predicted octanol–water partition coefficient (Wildman–Crippen LogP) is 2.64. The summed E-state index contributed by atoms with van der Waals surface area (Å²) in [5.74, 6) is -2.08. The Bertz CT molecular complexity index is 978. The van der Waals surface area contributed by atoms with E-state index < -0.39 is 35.5 Å². The average Bonchev–Trinajstić information content (AvgIpc) is 2.93. The summed E-state index contributed by atoms with van der Waals surface area (Å²) < 4.78 is 15.8. The van der Waals surface area contributed by atoms with Gasteiger partial charge in [-0.15, -0.1) is 13.2 Å². The fourth-order valence-corrected chi connectivity index (χ4v) is 3.56. The molecule has 0 spiro atoms. The molecule has 0 fully saturated rings. The van der Waals surface area contributed by atoms with Crippen LogP contribution in [0, 0.1) is 11.3 Å². The molecular weight excluding hydrogens is 530 g/mol. The van der Waals surface area contributed by atoms with Crippen molar-refractivity contribution < 1.29 is 38.5 Å². The van der Waals surface area contributed by atoms with Crippen molar-refractivity contribution in [2.75, 3.05) is 33.0 Å². The Morgan fingerprint density at radius 3 is 2.27 bits per heavy atom. The van der Waals surface area contributed by atoms with Gasteiger partial charge >= 0.3 is 12.1 Å². The van der Waals surface area contributed by atoms with Gasteiger partial charge in [-0.2, -0.15) is 0 Å². The monoisotopic (exact) mass is 575 g/mol. The van der Waals surface area contributed by atoms with Gasteiger partial charge in [-0.1, -0.05) is 63.3 Å². The van der Waals surface area contributed by atoms with Crippen molar-refractivity contribution in [3.8, 4) is 0 Å². The zero-order chi connectivity index (χ0) is 30.7. The van der Waals surface area contributed by atoms with Gasteiger partial charge in [-0.05, 0) is 23.8 Å². The third-order valence-corrected chi connectivity index (χ3v) is 6.00. The minimum atomic E-state index is -1.02. The van der Waals surface area contributed by atoms with E-state index in [-0.39, 0.29) is 70.7 Å². The van der Waals surface area contributed by atoms with E-state index in [0.717, 1.165) is 5.56 Å². The molecule has 0 saturated carbocycles. The molecule has 0 radical (unpaired) electrons. The summed E-state index contributed by atoms with van der Waals surface area (Å²) >= 11 is 0. The van der Waals surface area contributed by atoms with E-state index in [0.29, 0.717) is 0 Å². The number of ether oxygens (including phenoxy) is 3. The van der Waals surface area contributed by atoms with Gasteiger partial charge < -0.3 is 35.3 Å². The van der Waals surface area contributed by atoms with Crippen LogP contribution in [0.25, 0.3) is 0 Å². The highest BCUT2D eigenvalue weighted by molar-refractivity contribution is 5.86. The van der Waals surface area contributed by atoms with E-state index in [9.17, 15) is 19.2 Å². The van der Waals surface area contributed by atoms with Gasteiger partial charge in [0.05, 0.1) is 31.8 Å². The maximum atomic E-state index is 13.1. The van der Waals surface area contributed by atoms with Crippen molar-refractivity contribution in [1.82, 2.24) is 16.0 Å². The van der Waals surface area contributed by atoms with Crippen molar-refractivity contribution in [2.45, 2.75) is 58.7 Å². The molecule has 11 nitrogen and oxygen atoms in total. The van der Waals surface area contributed by atoms with Gasteiger partial charge in [-0.25, -0.2) is 9.59 Å². The molecule has 0 bridgehead atoms. The summed E-state index contributed by atoms with van der Waals surface area (Å²) in [6.45, 7) is 13.4. The number of allylic oxidation sites excluding steroid dienone is 1. The first-order chi connectivity index (χ1) is 19.5. The minimum absolute atomic E-state index is 0.0437. The number of aliphatic hydroxyl groups is 1. The van der Waals surface area contributed by atoms with Crippen LogP contribution in [0.1, 0.15) is 45.6 Å². The first kappa shape index (κ1) is 35.3. The zero-order valence-corrected chi connectivity index (χ0v) is 24.4. The lowest BCUT2D eigenvalue weighted by Gasteiger charge is -2.32. The second kappa shape index (κ2) is 19.4. The normalized spacial score (nSPS) is 13.2. The second-order valence-corrected chi connectivity index (χ2v) is 10.5. The lowest BCUT2D eigenvalue weighted by Crippen LogP contribution is -2.50. The number of alkyl carbamates (subject to hydrolysis) is 1. The Morgan fingerprint density at radius 2 is 1.66 bits per heavy atom. The molecule has 0 heterocycles. The smallest absolute Gasteiger partial charge is 0.408 e. The average molecular weight is 576 g/mol. The number of hydrogen-bond donors (Lipinski definition) is 4. The standard InChI is InChI=1S/C30H45N3O8/c1-6-11-23(19-26(35)31-15-17-39-18-16-34)27(36)33-25(30(3,4)5)21-40-28(37)24(12-7-2)32-29(38)41-20-22-13-9-8-10-14-22/h6-10,13-14,23-25,34H,1-2,11-12,15-21H2,3-5H3,(H,31,35)(H,32,38)(H,33,36)/t23-,24+,25+/m0/s1. The summed E-state index contributed by atoms with van der Waals surface area (Å²) in [6, 6.07) is 7.51. The molecule has 0 saturated heterocycles. The van der Waals surface area contributed by atoms with Gasteiger partial charge in [0.25, 0.3) is 0 Å². The first-order valence-electron chi connectivity index (χ1n) is 13.6. The van der Waals surface area contributed by atoms with Crippen LogP contribution in [-0.4, -0.2) is 74.0 Å². The van der Waals surface area contributed by atoms with E-state index in [4.69, 9.17) is 19.3 Å². The minimum Gasteiger partial charge on any atom is -0.462 e. The molecule has 228 valence electrons. The van der Waals surface area contributed by atoms with Crippen LogP contribution in [0.4, 0.5) is 4.79 Å². The maximum absolute atomic E-state index is 13.1. The molecule has 11 heteroatoms. The number of amides is 3. The predicted molar refractivity (Wildman–Crippen MR) is 155 cm³/mol. The molecular formula is C30H45N3O8. The van der Waals surface area contributed by atoms with Crippen LogP contribution in [0.5, 0.6) is 0 Å². The van der Waals surface area contributed by atoms with E-state index >= 15 is 0 Å². The first-order valence-corrected chi connectivity index (χ1v) is 13.6. The second-order valence-electron chi connectivity index (χ2n) is 10.5. The van der Waals surface area contributed by atoms with Gasteiger partial charge in [0.15, 0.2) is 0 Å². The van der Waals surface area contributed by atoms with Gasteiger partial charge in [-0.3, -0.25) is 9.59 Å². The molecule has 0 aromatic heterocycles. The van der Waals surface area contributed by atoms with Crippen LogP contribution < -0.4 is 16.0 Å².